The van der Waals surface area contributed by atoms with E-state index < -0.39 is 0 Å². The monoisotopic (exact) mass is 244 g/mol. The summed E-state index contributed by atoms with van der Waals surface area (Å²) in [5, 5.41) is 3.45. The molecule has 0 radical (unpaired) electrons. The number of hydrogen-bond acceptors (Lipinski definition) is 4. The average molecular weight is 244 g/mol. The van der Waals surface area contributed by atoms with E-state index >= 15 is 0 Å². The summed E-state index contributed by atoms with van der Waals surface area (Å²) in [5.74, 6) is 0. The molecule has 0 saturated heterocycles. The van der Waals surface area contributed by atoms with Crippen LogP contribution in [0.25, 0.3) is 0 Å². The molecule has 1 rings (SSSR count). The van der Waals surface area contributed by atoms with Crippen molar-refractivity contribution in [2.75, 3.05) is 34.4 Å². The maximum atomic E-state index is 5.22. The molecule has 4 heteroatoms. The van der Waals surface area contributed by atoms with E-state index in [-0.39, 0.29) is 12.3 Å². The van der Waals surface area contributed by atoms with Crippen LogP contribution in [0.5, 0.6) is 0 Å². The fourth-order valence-electron chi connectivity index (χ4n) is 2.60. The summed E-state index contributed by atoms with van der Waals surface area (Å²) in [6.07, 6.45) is 5.37. The van der Waals surface area contributed by atoms with E-state index in [0.29, 0.717) is 0 Å². The van der Waals surface area contributed by atoms with Crippen molar-refractivity contribution in [2.45, 2.75) is 51.0 Å². The van der Waals surface area contributed by atoms with E-state index in [4.69, 9.17) is 9.47 Å². The van der Waals surface area contributed by atoms with Crippen LogP contribution in [0, 0.1) is 0 Å². The molecule has 0 aromatic heterocycles. The third-order valence-electron chi connectivity index (χ3n) is 3.75. The van der Waals surface area contributed by atoms with Gasteiger partial charge in [0, 0.05) is 33.4 Å². The topological polar surface area (TPSA) is 33.7 Å². The van der Waals surface area contributed by atoms with Crippen molar-refractivity contribution >= 4 is 0 Å². The fraction of sp³-hybridized carbons (Fsp3) is 1.00. The quantitative estimate of drug-likeness (QED) is 0.655. The summed E-state index contributed by atoms with van der Waals surface area (Å²) < 4.78 is 10.4. The molecule has 17 heavy (non-hydrogen) atoms. The van der Waals surface area contributed by atoms with Crippen LogP contribution in [0.15, 0.2) is 0 Å². The Kier molecular flexibility index (Phi) is 7.04. The fourth-order valence-corrected chi connectivity index (χ4v) is 2.60. The van der Waals surface area contributed by atoms with Crippen LogP contribution in [0.1, 0.15) is 32.6 Å². The van der Waals surface area contributed by atoms with E-state index in [9.17, 15) is 0 Å². The van der Waals surface area contributed by atoms with Gasteiger partial charge in [-0.2, -0.15) is 0 Å². The van der Waals surface area contributed by atoms with Crippen LogP contribution in [0.4, 0.5) is 0 Å². The zero-order valence-electron chi connectivity index (χ0n) is 11.7. The number of nitrogens with one attached hydrogen (secondary N) is 1. The molecular weight excluding hydrogens is 216 g/mol. The highest BCUT2D eigenvalue weighted by Crippen LogP contribution is 2.21. The highest BCUT2D eigenvalue weighted by atomic mass is 16.7. The minimum Gasteiger partial charge on any atom is -0.354 e. The summed E-state index contributed by atoms with van der Waals surface area (Å²) in [6.45, 7) is 4.17. The van der Waals surface area contributed by atoms with Gasteiger partial charge in [0.1, 0.15) is 0 Å². The lowest BCUT2D eigenvalue weighted by Gasteiger charge is -2.26. The van der Waals surface area contributed by atoms with Crippen LogP contribution in [-0.2, 0) is 9.47 Å². The summed E-state index contributed by atoms with van der Waals surface area (Å²) in [5.41, 5.74) is 0. The van der Waals surface area contributed by atoms with Gasteiger partial charge in [-0.15, -0.1) is 0 Å². The number of hydrogen-bond donors (Lipinski definition) is 1. The standard InChI is InChI=1S/C13H28N2O2/c1-11(13(16-3)17-4)14-9-10-15(2)12-7-5-6-8-12/h11-14H,5-10H2,1-4H3. The summed E-state index contributed by atoms with van der Waals surface area (Å²) >= 11 is 0. The Bertz CT molecular complexity index is 184. The Morgan fingerprint density at radius 1 is 1.24 bits per heavy atom. The Hall–Kier alpha value is -0.160. The Morgan fingerprint density at radius 3 is 2.35 bits per heavy atom. The highest BCUT2D eigenvalue weighted by Gasteiger charge is 2.20. The van der Waals surface area contributed by atoms with E-state index in [2.05, 4.69) is 24.2 Å². The maximum absolute atomic E-state index is 5.22. The lowest BCUT2D eigenvalue weighted by Crippen LogP contribution is -2.43. The Labute approximate surface area is 106 Å². The minimum atomic E-state index is -0.160. The van der Waals surface area contributed by atoms with Gasteiger partial charge in [-0.1, -0.05) is 12.8 Å². The van der Waals surface area contributed by atoms with Crippen LogP contribution in [0.3, 0.4) is 0 Å². The van der Waals surface area contributed by atoms with E-state index in [1.54, 1.807) is 14.2 Å². The van der Waals surface area contributed by atoms with Crippen LogP contribution < -0.4 is 5.32 Å². The smallest absolute Gasteiger partial charge is 0.171 e. The largest absolute Gasteiger partial charge is 0.354 e. The van der Waals surface area contributed by atoms with Crippen molar-refractivity contribution in [1.29, 1.82) is 0 Å². The van der Waals surface area contributed by atoms with Crippen molar-refractivity contribution in [1.82, 2.24) is 10.2 Å². The molecule has 0 bridgehead atoms. The van der Waals surface area contributed by atoms with Crippen molar-refractivity contribution in [3.63, 3.8) is 0 Å². The van der Waals surface area contributed by atoms with E-state index in [1.807, 2.05) is 0 Å². The zero-order chi connectivity index (χ0) is 12.7. The summed E-state index contributed by atoms with van der Waals surface area (Å²) in [7, 11) is 5.58. The lowest BCUT2D eigenvalue weighted by molar-refractivity contribution is -0.119. The third-order valence-corrected chi connectivity index (χ3v) is 3.75. The molecule has 1 saturated carbocycles. The second-order valence-corrected chi connectivity index (χ2v) is 5.00. The zero-order valence-corrected chi connectivity index (χ0v) is 11.7. The predicted octanol–water partition coefficient (Wildman–Crippen LogP) is 1.46. The molecule has 102 valence electrons. The summed E-state index contributed by atoms with van der Waals surface area (Å²) in [4.78, 5) is 2.47. The molecule has 4 nitrogen and oxygen atoms in total. The molecule has 0 heterocycles. The Morgan fingerprint density at radius 2 is 1.82 bits per heavy atom. The first kappa shape index (κ1) is 14.9. The minimum absolute atomic E-state index is 0.160. The average Bonchev–Trinajstić information content (AvgIpc) is 2.84. The highest BCUT2D eigenvalue weighted by molar-refractivity contribution is 4.76. The van der Waals surface area contributed by atoms with Crippen molar-refractivity contribution in [3.05, 3.63) is 0 Å². The molecule has 1 unspecified atom stereocenters. The normalized spacial score (nSPS) is 19.4. The number of ether oxygens (including phenoxy) is 2. The lowest BCUT2D eigenvalue weighted by atomic mass is 10.2. The first-order chi connectivity index (χ1) is 8.19. The van der Waals surface area contributed by atoms with Crippen molar-refractivity contribution in [2.24, 2.45) is 0 Å². The molecular formula is C13H28N2O2. The molecule has 0 aliphatic heterocycles. The first-order valence-corrected chi connectivity index (χ1v) is 6.68. The van der Waals surface area contributed by atoms with Gasteiger partial charge >= 0.3 is 0 Å². The van der Waals surface area contributed by atoms with Crippen molar-refractivity contribution < 1.29 is 9.47 Å². The third kappa shape index (κ3) is 4.92. The van der Waals surface area contributed by atoms with Gasteiger partial charge in [-0.3, -0.25) is 0 Å². The van der Waals surface area contributed by atoms with E-state index in [0.717, 1.165) is 19.1 Å². The molecule has 1 N–H and O–H groups in total. The number of rotatable bonds is 8. The second kappa shape index (κ2) is 8.03. The first-order valence-electron chi connectivity index (χ1n) is 6.68. The van der Waals surface area contributed by atoms with Gasteiger partial charge in [0.15, 0.2) is 6.29 Å². The molecule has 0 spiro atoms. The van der Waals surface area contributed by atoms with E-state index in [1.165, 1.54) is 25.7 Å². The van der Waals surface area contributed by atoms with Crippen LogP contribution in [0.2, 0.25) is 0 Å². The van der Waals surface area contributed by atoms with Gasteiger partial charge in [0.2, 0.25) is 0 Å². The Balaban J connectivity index is 2.13. The molecule has 0 aromatic rings. The predicted molar refractivity (Wildman–Crippen MR) is 70.2 cm³/mol. The van der Waals surface area contributed by atoms with Gasteiger partial charge in [-0.25, -0.2) is 0 Å². The number of methoxy groups -OCH3 is 2. The van der Waals surface area contributed by atoms with Gasteiger partial charge < -0.3 is 19.7 Å². The number of likely N-dealkylation sites (N-methyl/N-ethyl adjacent to an activating group) is 1. The summed E-state index contributed by atoms with van der Waals surface area (Å²) in [6, 6.07) is 1.02. The molecule has 1 aliphatic carbocycles. The van der Waals surface area contributed by atoms with Gasteiger partial charge in [0.05, 0.1) is 6.04 Å². The van der Waals surface area contributed by atoms with Gasteiger partial charge in [-0.05, 0) is 26.8 Å². The van der Waals surface area contributed by atoms with Gasteiger partial charge in [0.25, 0.3) is 0 Å². The maximum Gasteiger partial charge on any atom is 0.171 e. The van der Waals surface area contributed by atoms with Crippen LogP contribution >= 0.6 is 0 Å². The second-order valence-electron chi connectivity index (χ2n) is 5.00. The molecule has 0 amide bonds. The molecule has 1 atom stereocenters. The molecule has 1 fully saturated rings. The SMILES string of the molecule is COC(OC)C(C)NCCN(C)C1CCCC1. The number of nitrogens with zero attached hydrogens (tertiary/aromatic N) is 1. The van der Waals surface area contributed by atoms with Crippen molar-refractivity contribution in [3.8, 4) is 0 Å². The molecule has 0 aromatic carbocycles. The van der Waals surface area contributed by atoms with Crippen LogP contribution in [-0.4, -0.2) is 57.6 Å². The molecule has 1 aliphatic rings.